The van der Waals surface area contributed by atoms with Crippen molar-refractivity contribution in [3.63, 3.8) is 0 Å². The molecule has 0 saturated carbocycles. The normalized spacial score (nSPS) is 14.3. The Labute approximate surface area is 153 Å². The summed E-state index contributed by atoms with van der Waals surface area (Å²) >= 11 is 0. The lowest BCUT2D eigenvalue weighted by atomic mass is 10.0. The average Bonchev–Trinajstić information content (AvgIpc) is 3.14. The van der Waals surface area contributed by atoms with Crippen molar-refractivity contribution >= 4 is 5.91 Å². The van der Waals surface area contributed by atoms with Crippen molar-refractivity contribution < 1.29 is 18.7 Å². The summed E-state index contributed by atoms with van der Waals surface area (Å²) in [6.07, 6.45) is 2.02. The summed E-state index contributed by atoms with van der Waals surface area (Å²) in [6, 6.07) is 5.51. The number of ether oxygens (including phenoxy) is 2. The Morgan fingerprint density at radius 1 is 1.27 bits per heavy atom. The molecule has 1 aliphatic rings. The van der Waals surface area contributed by atoms with Gasteiger partial charge in [0.1, 0.15) is 13.2 Å². The summed E-state index contributed by atoms with van der Waals surface area (Å²) in [7, 11) is 1.75. The molecular formula is C19H25N3O4. The lowest BCUT2D eigenvalue weighted by molar-refractivity contribution is 0.0784. The monoisotopic (exact) mass is 359 g/mol. The van der Waals surface area contributed by atoms with Crippen LogP contribution in [0.3, 0.4) is 0 Å². The first-order valence-corrected chi connectivity index (χ1v) is 8.82. The van der Waals surface area contributed by atoms with Gasteiger partial charge in [-0.15, -0.1) is 0 Å². The Morgan fingerprint density at radius 3 is 2.73 bits per heavy atom. The molecule has 7 nitrogen and oxygen atoms in total. The molecule has 1 aliphatic heterocycles. The number of rotatable bonds is 6. The van der Waals surface area contributed by atoms with Crippen LogP contribution in [-0.4, -0.2) is 48.6 Å². The van der Waals surface area contributed by atoms with E-state index in [0.29, 0.717) is 42.9 Å². The van der Waals surface area contributed by atoms with Crippen LogP contribution in [0.5, 0.6) is 11.5 Å². The van der Waals surface area contributed by atoms with E-state index in [9.17, 15) is 4.79 Å². The molecule has 0 fully saturated rings. The van der Waals surface area contributed by atoms with E-state index in [1.807, 2.05) is 12.1 Å². The minimum atomic E-state index is -0.195. The van der Waals surface area contributed by atoms with Gasteiger partial charge in [0.15, 0.2) is 29.3 Å². The van der Waals surface area contributed by atoms with Crippen molar-refractivity contribution in [2.45, 2.75) is 26.3 Å². The Hall–Kier alpha value is -2.54. The van der Waals surface area contributed by atoms with Crippen LogP contribution in [0.4, 0.5) is 0 Å². The molecule has 1 atom stereocenters. The first-order valence-electron chi connectivity index (χ1n) is 8.82. The van der Waals surface area contributed by atoms with E-state index in [4.69, 9.17) is 19.6 Å². The minimum absolute atomic E-state index is 0.0554. The molecule has 0 radical (unpaired) electrons. The molecule has 0 bridgehead atoms. The quantitative estimate of drug-likeness (QED) is 0.852. The maximum Gasteiger partial charge on any atom is 0.276 e. The van der Waals surface area contributed by atoms with E-state index in [-0.39, 0.29) is 17.6 Å². The van der Waals surface area contributed by atoms with Gasteiger partial charge >= 0.3 is 0 Å². The lowest BCUT2D eigenvalue weighted by Crippen LogP contribution is -2.35. The van der Waals surface area contributed by atoms with Gasteiger partial charge in [0.25, 0.3) is 5.91 Å². The van der Waals surface area contributed by atoms with Gasteiger partial charge in [-0.05, 0) is 30.5 Å². The number of oxazole rings is 1. The third-order valence-corrected chi connectivity index (χ3v) is 4.58. The fraction of sp³-hybridized carbons (Fsp3) is 0.474. The number of carbonyl (C=O) groups is 1. The molecule has 1 aromatic heterocycles. The Bertz CT molecular complexity index is 772. The van der Waals surface area contributed by atoms with Gasteiger partial charge in [0.05, 0.1) is 0 Å². The largest absolute Gasteiger partial charge is 0.486 e. The van der Waals surface area contributed by atoms with Crippen LogP contribution in [0.15, 0.2) is 29.0 Å². The van der Waals surface area contributed by atoms with Gasteiger partial charge in [0, 0.05) is 25.2 Å². The van der Waals surface area contributed by atoms with Crippen LogP contribution >= 0.6 is 0 Å². The minimum Gasteiger partial charge on any atom is -0.486 e. The Morgan fingerprint density at radius 2 is 2.00 bits per heavy atom. The first kappa shape index (κ1) is 18.3. The molecule has 1 amide bonds. The molecule has 0 spiro atoms. The van der Waals surface area contributed by atoms with E-state index in [1.165, 1.54) is 6.39 Å². The summed E-state index contributed by atoms with van der Waals surface area (Å²) in [4.78, 5) is 18.5. The number of nitrogens with zero attached hydrogens (tertiary/aromatic N) is 2. The molecule has 2 aromatic rings. The number of hydrogen-bond donors (Lipinski definition) is 1. The van der Waals surface area contributed by atoms with Crippen LogP contribution in [-0.2, 0) is 0 Å². The topological polar surface area (TPSA) is 90.8 Å². The molecule has 1 unspecified atom stereocenters. The predicted molar refractivity (Wildman–Crippen MR) is 97.3 cm³/mol. The molecule has 0 saturated heterocycles. The molecule has 1 aromatic carbocycles. The second kappa shape index (κ2) is 7.78. The summed E-state index contributed by atoms with van der Waals surface area (Å²) in [5.41, 5.74) is 7.08. The molecule has 140 valence electrons. The van der Waals surface area contributed by atoms with Crippen LogP contribution in [0.25, 0.3) is 11.3 Å². The number of carbonyl (C=O) groups excluding carboxylic acids is 1. The lowest BCUT2D eigenvalue weighted by Gasteiger charge is -2.21. The molecule has 7 heteroatoms. The molecular weight excluding hydrogens is 334 g/mol. The van der Waals surface area contributed by atoms with Crippen LogP contribution in [0.2, 0.25) is 0 Å². The van der Waals surface area contributed by atoms with Gasteiger partial charge < -0.3 is 24.5 Å². The fourth-order valence-corrected chi connectivity index (χ4v) is 2.75. The van der Waals surface area contributed by atoms with E-state index in [2.05, 4.69) is 18.8 Å². The number of hydrogen-bond acceptors (Lipinski definition) is 6. The van der Waals surface area contributed by atoms with Crippen molar-refractivity contribution in [1.29, 1.82) is 0 Å². The highest BCUT2D eigenvalue weighted by atomic mass is 16.6. The summed E-state index contributed by atoms with van der Waals surface area (Å²) in [5.74, 6) is 1.93. The second-order valence-corrected chi connectivity index (χ2v) is 6.81. The third kappa shape index (κ3) is 3.83. The van der Waals surface area contributed by atoms with Gasteiger partial charge in [0.2, 0.25) is 0 Å². The number of benzene rings is 1. The smallest absolute Gasteiger partial charge is 0.276 e. The highest BCUT2D eigenvalue weighted by Crippen LogP contribution is 2.35. The van der Waals surface area contributed by atoms with Crippen molar-refractivity contribution in [2.75, 3.05) is 26.8 Å². The van der Waals surface area contributed by atoms with Gasteiger partial charge in [-0.3, -0.25) is 4.79 Å². The average molecular weight is 359 g/mol. The number of fused-ring (bicyclic) bond motifs is 1. The fourth-order valence-electron chi connectivity index (χ4n) is 2.75. The molecule has 2 heterocycles. The first-order chi connectivity index (χ1) is 12.5. The second-order valence-electron chi connectivity index (χ2n) is 6.81. The predicted octanol–water partition coefficient (Wildman–Crippen LogP) is 2.56. The van der Waals surface area contributed by atoms with E-state index >= 15 is 0 Å². The molecule has 2 N–H and O–H groups in total. The standard InChI is InChI=1S/C19H25N3O4/c1-12(2)14(20)6-7-22(3)19(23)17-18(26-11-21-17)13-4-5-15-16(10-13)25-9-8-24-15/h4-5,10-12,14H,6-9,20H2,1-3H3. The zero-order chi connectivity index (χ0) is 18.7. The summed E-state index contributed by atoms with van der Waals surface area (Å²) in [5, 5.41) is 0. The third-order valence-electron chi connectivity index (χ3n) is 4.58. The van der Waals surface area contributed by atoms with Gasteiger partial charge in [-0.25, -0.2) is 4.98 Å². The Kier molecular flexibility index (Phi) is 5.46. The van der Waals surface area contributed by atoms with E-state index < -0.39 is 0 Å². The van der Waals surface area contributed by atoms with Crippen LogP contribution in [0.1, 0.15) is 30.8 Å². The maximum absolute atomic E-state index is 12.8. The van der Waals surface area contributed by atoms with Crippen LogP contribution < -0.4 is 15.2 Å². The number of aromatic nitrogens is 1. The van der Waals surface area contributed by atoms with Crippen LogP contribution in [0, 0.1) is 5.92 Å². The van der Waals surface area contributed by atoms with Crippen molar-refractivity contribution in [1.82, 2.24) is 9.88 Å². The molecule has 26 heavy (non-hydrogen) atoms. The zero-order valence-electron chi connectivity index (χ0n) is 15.4. The van der Waals surface area contributed by atoms with Crippen molar-refractivity contribution in [3.05, 3.63) is 30.3 Å². The zero-order valence-corrected chi connectivity index (χ0v) is 15.4. The van der Waals surface area contributed by atoms with E-state index in [0.717, 1.165) is 12.0 Å². The highest BCUT2D eigenvalue weighted by Gasteiger charge is 2.23. The summed E-state index contributed by atoms with van der Waals surface area (Å²) < 4.78 is 16.6. The van der Waals surface area contributed by atoms with Crippen molar-refractivity contribution in [3.8, 4) is 22.8 Å². The molecule has 3 rings (SSSR count). The van der Waals surface area contributed by atoms with Gasteiger partial charge in [-0.2, -0.15) is 0 Å². The highest BCUT2D eigenvalue weighted by molar-refractivity contribution is 5.97. The van der Waals surface area contributed by atoms with Gasteiger partial charge in [-0.1, -0.05) is 13.8 Å². The SMILES string of the molecule is CC(C)C(N)CCN(C)C(=O)c1ncoc1-c1ccc2c(c1)OCCO2. The number of nitrogens with two attached hydrogens (primary N) is 1. The Balaban J connectivity index is 1.76. The van der Waals surface area contributed by atoms with Crippen molar-refractivity contribution in [2.24, 2.45) is 11.7 Å². The van der Waals surface area contributed by atoms with E-state index in [1.54, 1.807) is 18.0 Å². The molecule has 0 aliphatic carbocycles. The number of amides is 1. The maximum atomic E-state index is 12.8. The summed E-state index contributed by atoms with van der Waals surface area (Å²) in [6.45, 7) is 5.74.